The maximum atomic E-state index is 13.5. The molecule has 128 valence electrons. The number of halogens is 5. The number of hydrogen-bond donors (Lipinski definition) is 0. The van der Waals surface area contributed by atoms with Crippen LogP contribution >= 0.6 is 0 Å². The molecule has 0 bridgehead atoms. The van der Waals surface area contributed by atoms with Gasteiger partial charge in [-0.25, -0.2) is 22.0 Å². The first-order chi connectivity index (χ1) is 11.2. The van der Waals surface area contributed by atoms with Crippen molar-refractivity contribution in [3.8, 4) is 0 Å². The third-order valence-electron chi connectivity index (χ3n) is 3.24. The van der Waals surface area contributed by atoms with Crippen molar-refractivity contribution >= 4 is 5.69 Å². The zero-order chi connectivity index (χ0) is 18.0. The summed E-state index contributed by atoms with van der Waals surface area (Å²) in [6, 6.07) is 4.22. The van der Waals surface area contributed by atoms with Gasteiger partial charge in [-0.3, -0.25) is 10.1 Å². The average Bonchev–Trinajstić information content (AvgIpc) is 2.55. The number of ether oxygens (including phenoxy) is 1. The Kier molecular flexibility index (Phi) is 5.13. The zero-order valence-electron chi connectivity index (χ0n) is 12.2. The summed E-state index contributed by atoms with van der Waals surface area (Å²) in [5.41, 5.74) is -0.687. The molecule has 0 unspecified atom stereocenters. The number of nitro groups is 1. The molecule has 0 heterocycles. The lowest BCUT2D eigenvalue weighted by Gasteiger charge is -2.09. The first kappa shape index (κ1) is 17.8. The predicted molar refractivity (Wildman–Crippen MR) is 72.6 cm³/mol. The molecule has 0 spiro atoms. The fourth-order valence-electron chi connectivity index (χ4n) is 2.01. The van der Waals surface area contributed by atoms with Crippen LogP contribution in [0.1, 0.15) is 16.7 Å². The highest BCUT2D eigenvalue weighted by atomic mass is 19.2. The fraction of sp³-hybridized carbons (Fsp3) is 0.200. The maximum Gasteiger partial charge on any atom is 0.275 e. The number of benzene rings is 2. The standard InChI is InChI=1S/C15H10F5NO3/c1-7-2-3-8(10(4-7)21(22)23)5-24-6-9-11(16)13(18)15(20)14(19)12(9)17/h2-4H,5-6H2,1H3. The molecular weight excluding hydrogens is 337 g/mol. The summed E-state index contributed by atoms with van der Waals surface area (Å²) < 4.78 is 70.9. The highest BCUT2D eigenvalue weighted by Crippen LogP contribution is 2.25. The Morgan fingerprint density at radius 1 is 0.958 bits per heavy atom. The summed E-state index contributed by atoms with van der Waals surface area (Å²) in [7, 11) is 0. The van der Waals surface area contributed by atoms with Crippen LogP contribution in [-0.4, -0.2) is 4.92 Å². The average molecular weight is 347 g/mol. The molecule has 0 saturated carbocycles. The number of nitrogens with zero attached hydrogens (tertiary/aromatic N) is 1. The second-order valence-electron chi connectivity index (χ2n) is 4.93. The Morgan fingerprint density at radius 3 is 2.04 bits per heavy atom. The van der Waals surface area contributed by atoms with Crippen LogP contribution in [-0.2, 0) is 18.0 Å². The minimum atomic E-state index is -2.26. The third-order valence-corrected chi connectivity index (χ3v) is 3.24. The Bertz CT molecular complexity index is 781. The minimum Gasteiger partial charge on any atom is -0.372 e. The number of nitro benzene ring substituents is 1. The van der Waals surface area contributed by atoms with Gasteiger partial charge in [-0.2, -0.15) is 0 Å². The normalized spacial score (nSPS) is 10.9. The van der Waals surface area contributed by atoms with Gasteiger partial charge in [-0.15, -0.1) is 0 Å². The van der Waals surface area contributed by atoms with Crippen LogP contribution in [0.25, 0.3) is 0 Å². The zero-order valence-corrected chi connectivity index (χ0v) is 12.2. The SMILES string of the molecule is Cc1ccc(COCc2c(F)c(F)c(F)c(F)c2F)c([N+](=O)[O-])c1. The van der Waals surface area contributed by atoms with E-state index in [0.717, 1.165) is 0 Å². The van der Waals surface area contributed by atoms with E-state index in [1.807, 2.05) is 0 Å². The van der Waals surface area contributed by atoms with Crippen LogP contribution in [0, 0.1) is 46.1 Å². The lowest BCUT2D eigenvalue weighted by molar-refractivity contribution is -0.386. The van der Waals surface area contributed by atoms with E-state index < -0.39 is 52.8 Å². The van der Waals surface area contributed by atoms with Crippen molar-refractivity contribution < 1.29 is 31.6 Å². The summed E-state index contributed by atoms with van der Waals surface area (Å²) in [4.78, 5) is 10.3. The molecule has 2 aromatic carbocycles. The van der Waals surface area contributed by atoms with Crippen LogP contribution in [0.3, 0.4) is 0 Å². The summed E-state index contributed by atoms with van der Waals surface area (Å²) in [6.45, 7) is 0.263. The molecule has 0 N–H and O–H groups in total. The van der Waals surface area contributed by atoms with Gasteiger partial charge in [-0.1, -0.05) is 6.07 Å². The Labute approximate surface area is 132 Å². The molecule has 0 aliphatic rings. The second kappa shape index (κ2) is 6.91. The van der Waals surface area contributed by atoms with Crippen molar-refractivity contribution in [2.45, 2.75) is 20.1 Å². The smallest absolute Gasteiger partial charge is 0.275 e. The van der Waals surface area contributed by atoms with Gasteiger partial charge >= 0.3 is 0 Å². The first-order valence-electron chi connectivity index (χ1n) is 6.56. The van der Waals surface area contributed by atoms with Crippen molar-refractivity contribution in [2.75, 3.05) is 0 Å². The fourth-order valence-corrected chi connectivity index (χ4v) is 2.01. The third kappa shape index (κ3) is 3.35. The largest absolute Gasteiger partial charge is 0.372 e. The molecule has 0 aliphatic carbocycles. The van der Waals surface area contributed by atoms with Crippen LogP contribution in [0.2, 0.25) is 0 Å². The number of rotatable bonds is 5. The van der Waals surface area contributed by atoms with E-state index in [1.54, 1.807) is 13.0 Å². The molecule has 0 aliphatic heterocycles. The molecule has 4 nitrogen and oxygen atoms in total. The molecule has 2 aromatic rings. The molecule has 2 rings (SSSR count). The van der Waals surface area contributed by atoms with Gasteiger partial charge in [-0.05, 0) is 18.6 Å². The highest BCUT2D eigenvalue weighted by Gasteiger charge is 2.25. The maximum absolute atomic E-state index is 13.5. The molecule has 0 atom stereocenters. The van der Waals surface area contributed by atoms with Crippen molar-refractivity contribution in [1.82, 2.24) is 0 Å². The molecule has 0 radical (unpaired) electrons. The van der Waals surface area contributed by atoms with E-state index in [2.05, 4.69) is 0 Å². The van der Waals surface area contributed by atoms with E-state index in [1.165, 1.54) is 12.1 Å². The lowest BCUT2D eigenvalue weighted by Crippen LogP contribution is -2.09. The minimum absolute atomic E-state index is 0.106. The summed E-state index contributed by atoms with van der Waals surface area (Å²) in [5, 5.41) is 10.9. The molecule has 0 saturated heterocycles. The first-order valence-corrected chi connectivity index (χ1v) is 6.56. The molecular formula is C15H10F5NO3. The van der Waals surface area contributed by atoms with Gasteiger partial charge in [0, 0.05) is 6.07 Å². The monoisotopic (exact) mass is 347 g/mol. The predicted octanol–water partition coefficient (Wildman–Crippen LogP) is 4.32. The van der Waals surface area contributed by atoms with Crippen LogP contribution in [0.5, 0.6) is 0 Å². The van der Waals surface area contributed by atoms with Gasteiger partial charge in [0.15, 0.2) is 23.3 Å². The summed E-state index contributed by atoms with van der Waals surface area (Å²) >= 11 is 0. The van der Waals surface area contributed by atoms with E-state index in [9.17, 15) is 32.1 Å². The molecule has 24 heavy (non-hydrogen) atoms. The number of aryl methyl sites for hydroxylation is 1. The van der Waals surface area contributed by atoms with Crippen molar-refractivity contribution in [3.63, 3.8) is 0 Å². The van der Waals surface area contributed by atoms with Crippen molar-refractivity contribution in [3.05, 3.63) is 74.1 Å². The van der Waals surface area contributed by atoms with Crippen molar-refractivity contribution in [1.29, 1.82) is 0 Å². The van der Waals surface area contributed by atoms with E-state index in [-0.39, 0.29) is 11.3 Å². The second-order valence-corrected chi connectivity index (χ2v) is 4.93. The molecule has 0 fully saturated rings. The van der Waals surface area contributed by atoms with Crippen molar-refractivity contribution in [2.24, 2.45) is 0 Å². The van der Waals surface area contributed by atoms with Gasteiger partial charge in [0.25, 0.3) is 5.69 Å². The van der Waals surface area contributed by atoms with Gasteiger partial charge in [0.2, 0.25) is 5.82 Å². The van der Waals surface area contributed by atoms with Crippen LogP contribution < -0.4 is 0 Å². The quantitative estimate of drug-likeness (QED) is 0.266. The molecule has 0 aromatic heterocycles. The summed E-state index contributed by atoms with van der Waals surface area (Å²) in [5.74, 6) is -10.4. The highest BCUT2D eigenvalue weighted by molar-refractivity contribution is 5.42. The Hall–Kier alpha value is -2.55. The van der Waals surface area contributed by atoms with Gasteiger partial charge < -0.3 is 4.74 Å². The van der Waals surface area contributed by atoms with Gasteiger partial charge in [0.1, 0.15) is 0 Å². The number of hydrogen-bond acceptors (Lipinski definition) is 3. The summed E-state index contributed by atoms with van der Waals surface area (Å²) in [6.07, 6.45) is 0. The van der Waals surface area contributed by atoms with E-state index in [0.29, 0.717) is 5.56 Å². The van der Waals surface area contributed by atoms with Crippen LogP contribution in [0.15, 0.2) is 18.2 Å². The van der Waals surface area contributed by atoms with Crippen LogP contribution in [0.4, 0.5) is 27.6 Å². The van der Waals surface area contributed by atoms with E-state index in [4.69, 9.17) is 4.74 Å². The topological polar surface area (TPSA) is 52.4 Å². The molecule has 0 amide bonds. The Balaban J connectivity index is 2.21. The Morgan fingerprint density at radius 2 is 1.50 bits per heavy atom. The van der Waals surface area contributed by atoms with Gasteiger partial charge in [0.05, 0.1) is 29.3 Å². The van der Waals surface area contributed by atoms with E-state index >= 15 is 0 Å². The molecule has 9 heteroatoms. The lowest BCUT2D eigenvalue weighted by atomic mass is 10.1.